The summed E-state index contributed by atoms with van der Waals surface area (Å²) in [6.07, 6.45) is 3.91. The largest absolute Gasteiger partial charge is 0.396 e. The summed E-state index contributed by atoms with van der Waals surface area (Å²) in [7, 11) is 1.69. The molecule has 1 aromatic rings. The predicted octanol–water partition coefficient (Wildman–Crippen LogP) is 0.255. The summed E-state index contributed by atoms with van der Waals surface area (Å²) in [6, 6.07) is 0. The van der Waals surface area contributed by atoms with Gasteiger partial charge in [0.2, 0.25) is 0 Å². The topological polar surface area (TPSA) is 55.1 Å². The molecule has 0 radical (unpaired) electrons. The smallest absolute Gasteiger partial charge is 0.282 e. The Hall–Kier alpha value is -0.810. The second-order valence-electron chi connectivity index (χ2n) is 2.57. The Morgan fingerprint density at radius 2 is 2.46 bits per heavy atom. The third-order valence-electron chi connectivity index (χ3n) is 1.53. The van der Waals surface area contributed by atoms with Crippen LogP contribution < -0.4 is 5.56 Å². The molecular weight excluding hydrogens is 188 g/mol. The van der Waals surface area contributed by atoms with Gasteiger partial charge in [0.05, 0.1) is 0 Å². The lowest BCUT2D eigenvalue weighted by atomic mass is 10.5. The summed E-state index contributed by atoms with van der Waals surface area (Å²) in [4.78, 5) is 15.3. The number of aliphatic hydroxyl groups is 1. The molecule has 0 aliphatic rings. The monoisotopic (exact) mass is 200 g/mol. The van der Waals surface area contributed by atoms with Gasteiger partial charge >= 0.3 is 0 Å². The van der Waals surface area contributed by atoms with E-state index in [1.54, 1.807) is 19.4 Å². The standard InChI is InChI=1S/C8H12N2O2S/c1-10-4-3-9-7(8(10)12)13-6-2-5-11/h3-4,11H,2,5-6H2,1H3. The van der Waals surface area contributed by atoms with E-state index in [0.29, 0.717) is 11.4 Å². The van der Waals surface area contributed by atoms with Crippen LogP contribution in [0.25, 0.3) is 0 Å². The van der Waals surface area contributed by atoms with Crippen LogP contribution in [0, 0.1) is 0 Å². The van der Waals surface area contributed by atoms with Gasteiger partial charge in [-0.2, -0.15) is 0 Å². The van der Waals surface area contributed by atoms with Crippen molar-refractivity contribution in [2.75, 3.05) is 12.4 Å². The number of rotatable bonds is 4. The second kappa shape index (κ2) is 5.04. The number of aryl methyl sites for hydroxylation is 1. The first-order valence-electron chi connectivity index (χ1n) is 4.01. The van der Waals surface area contributed by atoms with Gasteiger partial charge in [-0.3, -0.25) is 4.79 Å². The molecule has 1 N–H and O–H groups in total. The van der Waals surface area contributed by atoms with E-state index in [-0.39, 0.29) is 12.2 Å². The van der Waals surface area contributed by atoms with E-state index in [4.69, 9.17) is 5.11 Å². The number of aliphatic hydroxyl groups excluding tert-OH is 1. The Morgan fingerprint density at radius 3 is 3.15 bits per heavy atom. The molecule has 0 atom stereocenters. The number of aromatic nitrogens is 2. The van der Waals surface area contributed by atoms with Crippen LogP contribution in [-0.4, -0.2) is 27.0 Å². The third-order valence-corrected chi connectivity index (χ3v) is 2.57. The minimum absolute atomic E-state index is 0.0783. The van der Waals surface area contributed by atoms with E-state index in [1.807, 2.05) is 0 Å². The average molecular weight is 200 g/mol. The van der Waals surface area contributed by atoms with Crippen LogP contribution >= 0.6 is 11.8 Å². The van der Waals surface area contributed by atoms with Crippen LogP contribution in [0.1, 0.15) is 6.42 Å². The minimum Gasteiger partial charge on any atom is -0.396 e. The number of hydrogen-bond acceptors (Lipinski definition) is 4. The molecule has 1 rings (SSSR count). The number of thioether (sulfide) groups is 1. The molecule has 0 saturated carbocycles. The van der Waals surface area contributed by atoms with Crippen molar-refractivity contribution in [1.29, 1.82) is 0 Å². The van der Waals surface area contributed by atoms with Crippen LogP contribution in [0.5, 0.6) is 0 Å². The summed E-state index contributed by atoms with van der Waals surface area (Å²) < 4.78 is 1.49. The lowest BCUT2D eigenvalue weighted by Gasteiger charge is -2.00. The van der Waals surface area contributed by atoms with Crippen LogP contribution in [0.2, 0.25) is 0 Å². The lowest BCUT2D eigenvalue weighted by Crippen LogP contribution is -2.18. The summed E-state index contributed by atoms with van der Waals surface area (Å²) in [5.41, 5.74) is -0.0783. The van der Waals surface area contributed by atoms with Gasteiger partial charge in [0.15, 0.2) is 5.03 Å². The Bertz CT molecular complexity index is 324. The number of hydrogen-bond donors (Lipinski definition) is 1. The molecule has 72 valence electrons. The van der Waals surface area contributed by atoms with E-state index in [0.717, 1.165) is 5.75 Å². The highest BCUT2D eigenvalue weighted by molar-refractivity contribution is 7.99. The van der Waals surface area contributed by atoms with Crippen LogP contribution in [0.4, 0.5) is 0 Å². The normalized spacial score (nSPS) is 10.3. The first-order chi connectivity index (χ1) is 6.25. The maximum absolute atomic E-state index is 11.4. The van der Waals surface area contributed by atoms with Crippen molar-refractivity contribution in [2.24, 2.45) is 7.05 Å². The minimum atomic E-state index is -0.0783. The maximum atomic E-state index is 11.4. The Morgan fingerprint density at radius 1 is 1.69 bits per heavy atom. The second-order valence-corrected chi connectivity index (χ2v) is 3.66. The van der Waals surface area contributed by atoms with E-state index < -0.39 is 0 Å². The molecule has 1 heterocycles. The Labute approximate surface area is 80.6 Å². The van der Waals surface area contributed by atoms with Gasteiger partial charge in [-0.25, -0.2) is 4.98 Å². The highest BCUT2D eigenvalue weighted by Gasteiger charge is 2.01. The number of nitrogens with zero attached hydrogens (tertiary/aromatic N) is 2. The van der Waals surface area contributed by atoms with E-state index in [9.17, 15) is 4.79 Å². The van der Waals surface area contributed by atoms with Gasteiger partial charge in [-0.1, -0.05) is 0 Å². The molecule has 1 aromatic heterocycles. The lowest BCUT2D eigenvalue weighted by molar-refractivity contribution is 0.296. The van der Waals surface area contributed by atoms with Crippen LogP contribution in [-0.2, 0) is 7.05 Å². The fourth-order valence-electron chi connectivity index (χ4n) is 0.807. The maximum Gasteiger partial charge on any atom is 0.282 e. The van der Waals surface area contributed by atoms with Crippen molar-refractivity contribution >= 4 is 11.8 Å². The zero-order valence-corrected chi connectivity index (χ0v) is 8.25. The molecule has 0 fully saturated rings. The van der Waals surface area contributed by atoms with Crippen LogP contribution in [0.15, 0.2) is 22.2 Å². The summed E-state index contributed by atoms with van der Waals surface area (Å²) in [5.74, 6) is 0.725. The molecule has 0 saturated heterocycles. The molecule has 0 amide bonds. The SMILES string of the molecule is Cn1ccnc(SCCCO)c1=O. The molecule has 4 nitrogen and oxygen atoms in total. The Kier molecular flexibility index (Phi) is 3.98. The quantitative estimate of drug-likeness (QED) is 0.559. The fourth-order valence-corrected chi connectivity index (χ4v) is 1.68. The molecule has 0 aliphatic carbocycles. The molecule has 0 unspecified atom stereocenters. The predicted molar refractivity (Wildman–Crippen MR) is 51.9 cm³/mol. The first-order valence-corrected chi connectivity index (χ1v) is 4.99. The average Bonchev–Trinajstić information content (AvgIpc) is 2.13. The fraction of sp³-hybridized carbons (Fsp3) is 0.500. The first kappa shape index (κ1) is 10.3. The molecule has 0 aliphatic heterocycles. The van der Waals surface area contributed by atoms with Gasteiger partial charge < -0.3 is 9.67 Å². The zero-order chi connectivity index (χ0) is 9.68. The molecule has 0 aromatic carbocycles. The highest BCUT2D eigenvalue weighted by atomic mass is 32.2. The van der Waals surface area contributed by atoms with Gasteiger partial charge in [0, 0.05) is 31.8 Å². The summed E-state index contributed by atoms with van der Waals surface area (Å²) in [6.45, 7) is 0.153. The molecule has 0 spiro atoms. The van der Waals surface area contributed by atoms with Crippen molar-refractivity contribution in [3.8, 4) is 0 Å². The van der Waals surface area contributed by atoms with E-state index in [2.05, 4.69) is 4.98 Å². The molecule has 0 bridgehead atoms. The van der Waals surface area contributed by atoms with Gasteiger partial charge in [0.1, 0.15) is 0 Å². The van der Waals surface area contributed by atoms with E-state index >= 15 is 0 Å². The van der Waals surface area contributed by atoms with Crippen molar-refractivity contribution in [3.05, 3.63) is 22.7 Å². The Balaban J connectivity index is 2.67. The van der Waals surface area contributed by atoms with Gasteiger partial charge in [-0.15, -0.1) is 11.8 Å². The highest BCUT2D eigenvalue weighted by Crippen LogP contribution is 2.10. The van der Waals surface area contributed by atoms with Crippen molar-refractivity contribution in [3.63, 3.8) is 0 Å². The van der Waals surface area contributed by atoms with Gasteiger partial charge in [-0.05, 0) is 6.42 Å². The van der Waals surface area contributed by atoms with E-state index in [1.165, 1.54) is 16.3 Å². The van der Waals surface area contributed by atoms with Crippen LogP contribution in [0.3, 0.4) is 0 Å². The van der Waals surface area contributed by atoms with Crippen molar-refractivity contribution < 1.29 is 5.11 Å². The van der Waals surface area contributed by atoms with Gasteiger partial charge in [0.25, 0.3) is 5.56 Å². The molecule has 5 heteroatoms. The zero-order valence-electron chi connectivity index (χ0n) is 7.43. The summed E-state index contributed by atoms with van der Waals surface area (Å²) >= 11 is 1.38. The van der Waals surface area contributed by atoms with Crippen molar-refractivity contribution in [2.45, 2.75) is 11.4 Å². The molecule has 13 heavy (non-hydrogen) atoms. The molecular formula is C8H12N2O2S. The third kappa shape index (κ3) is 2.86. The summed E-state index contributed by atoms with van der Waals surface area (Å²) in [5, 5.41) is 9.05. The van der Waals surface area contributed by atoms with Crippen molar-refractivity contribution in [1.82, 2.24) is 9.55 Å².